The monoisotopic (exact) mass is 460 g/mol. The lowest BCUT2D eigenvalue weighted by Crippen LogP contribution is -2.38. The Morgan fingerprint density at radius 3 is 2.53 bits per heavy atom. The van der Waals surface area contributed by atoms with E-state index in [4.69, 9.17) is 20.9 Å². The summed E-state index contributed by atoms with van der Waals surface area (Å²) in [4.78, 5) is 6.01. The van der Waals surface area contributed by atoms with Crippen LogP contribution in [0.1, 0.15) is 5.82 Å². The minimum absolute atomic E-state index is 0.131. The molecular formula is C17H16ClF3N6O2S. The highest BCUT2D eigenvalue weighted by molar-refractivity contribution is 7.98. The number of nitrogens with zero attached hydrogens (tertiary/aromatic N) is 6. The van der Waals surface area contributed by atoms with Gasteiger partial charge in [0.1, 0.15) is 6.54 Å². The quantitative estimate of drug-likeness (QED) is 0.515. The average Bonchev–Trinajstić information content (AvgIpc) is 3.34. The van der Waals surface area contributed by atoms with Crippen LogP contribution < -0.4 is 4.90 Å². The highest BCUT2D eigenvalue weighted by Gasteiger charge is 2.33. The molecule has 1 fully saturated rings. The third-order valence-corrected chi connectivity index (χ3v) is 5.43. The zero-order valence-electron chi connectivity index (χ0n) is 15.5. The van der Waals surface area contributed by atoms with Gasteiger partial charge in [0.05, 0.1) is 19.0 Å². The number of hydrogen-bond acceptors (Lipinski definition) is 8. The Labute approximate surface area is 178 Å². The van der Waals surface area contributed by atoms with E-state index in [-0.39, 0.29) is 16.9 Å². The summed E-state index contributed by atoms with van der Waals surface area (Å²) in [5.41, 5.74) is 0.693. The number of benzene rings is 1. The van der Waals surface area contributed by atoms with Crippen molar-refractivity contribution < 1.29 is 22.4 Å². The standard InChI is InChI=1S/C17H16ClF3N6O2S/c18-12-3-1-11(2-4-12)14-22-13(25-29-14)9-30-16-24-23-15(26-5-7-28-8-6-26)27(16)10-17(19,20)21/h1-4H,5-10H2. The molecule has 3 heterocycles. The van der Waals surface area contributed by atoms with Crippen molar-refractivity contribution in [2.24, 2.45) is 0 Å². The van der Waals surface area contributed by atoms with Gasteiger partial charge in [0.15, 0.2) is 11.0 Å². The van der Waals surface area contributed by atoms with Crippen molar-refractivity contribution in [1.82, 2.24) is 24.9 Å². The van der Waals surface area contributed by atoms with Gasteiger partial charge in [0.25, 0.3) is 5.89 Å². The summed E-state index contributed by atoms with van der Waals surface area (Å²) in [5.74, 6) is 0.983. The lowest BCUT2D eigenvalue weighted by atomic mass is 10.2. The van der Waals surface area contributed by atoms with Crippen molar-refractivity contribution in [2.75, 3.05) is 31.2 Å². The van der Waals surface area contributed by atoms with E-state index in [1.54, 1.807) is 29.2 Å². The Morgan fingerprint density at radius 2 is 1.83 bits per heavy atom. The van der Waals surface area contributed by atoms with Crippen LogP contribution in [-0.2, 0) is 17.0 Å². The van der Waals surface area contributed by atoms with Gasteiger partial charge in [-0.3, -0.25) is 4.57 Å². The maximum absolute atomic E-state index is 13.2. The SMILES string of the molecule is FC(F)(F)Cn1c(SCc2noc(-c3ccc(Cl)cc3)n2)nnc1N1CCOCC1. The van der Waals surface area contributed by atoms with E-state index in [0.717, 1.165) is 16.3 Å². The van der Waals surface area contributed by atoms with Gasteiger partial charge in [0, 0.05) is 23.7 Å². The summed E-state index contributed by atoms with van der Waals surface area (Å²) in [6.45, 7) is 0.582. The lowest BCUT2D eigenvalue weighted by Gasteiger charge is -2.28. The molecule has 160 valence electrons. The highest BCUT2D eigenvalue weighted by atomic mass is 35.5. The fraction of sp³-hybridized carbons (Fsp3) is 0.412. The molecule has 0 N–H and O–H groups in total. The molecule has 0 atom stereocenters. The Bertz CT molecular complexity index is 988. The molecule has 1 aliphatic heterocycles. The third kappa shape index (κ3) is 5.05. The Hall–Kier alpha value is -2.31. The molecule has 0 unspecified atom stereocenters. The van der Waals surface area contributed by atoms with E-state index >= 15 is 0 Å². The largest absolute Gasteiger partial charge is 0.406 e. The van der Waals surface area contributed by atoms with E-state index in [2.05, 4.69) is 20.3 Å². The predicted molar refractivity (Wildman–Crippen MR) is 103 cm³/mol. The average molecular weight is 461 g/mol. The van der Waals surface area contributed by atoms with Gasteiger partial charge in [-0.25, -0.2) is 0 Å². The molecule has 0 aliphatic carbocycles. The van der Waals surface area contributed by atoms with Crippen LogP contribution >= 0.6 is 23.4 Å². The van der Waals surface area contributed by atoms with Crippen LogP contribution in [-0.4, -0.2) is 57.4 Å². The van der Waals surface area contributed by atoms with Crippen LogP contribution in [0.25, 0.3) is 11.5 Å². The van der Waals surface area contributed by atoms with Gasteiger partial charge in [-0.05, 0) is 24.3 Å². The number of ether oxygens (including phenoxy) is 1. The second kappa shape index (κ2) is 8.82. The van der Waals surface area contributed by atoms with E-state index in [1.165, 1.54) is 0 Å². The van der Waals surface area contributed by atoms with Gasteiger partial charge >= 0.3 is 6.18 Å². The van der Waals surface area contributed by atoms with Gasteiger partial charge in [-0.2, -0.15) is 18.2 Å². The summed E-state index contributed by atoms with van der Waals surface area (Å²) >= 11 is 6.93. The zero-order valence-corrected chi connectivity index (χ0v) is 17.0. The number of alkyl halides is 3. The first kappa shape index (κ1) is 20.9. The van der Waals surface area contributed by atoms with Crippen LogP contribution in [0.3, 0.4) is 0 Å². The maximum Gasteiger partial charge on any atom is 0.406 e. The molecule has 3 aromatic rings. The summed E-state index contributed by atoms with van der Waals surface area (Å²) in [5, 5.41) is 12.5. The maximum atomic E-state index is 13.2. The van der Waals surface area contributed by atoms with Crippen LogP contribution in [0.2, 0.25) is 5.02 Å². The van der Waals surface area contributed by atoms with E-state index < -0.39 is 12.7 Å². The number of anilines is 1. The van der Waals surface area contributed by atoms with Crippen molar-refractivity contribution >= 4 is 29.3 Å². The second-order valence-electron chi connectivity index (χ2n) is 6.39. The Balaban J connectivity index is 1.50. The Morgan fingerprint density at radius 1 is 1.10 bits per heavy atom. The van der Waals surface area contributed by atoms with Crippen LogP contribution in [0.5, 0.6) is 0 Å². The van der Waals surface area contributed by atoms with Crippen LogP contribution in [0.4, 0.5) is 19.1 Å². The number of thioether (sulfide) groups is 1. The molecule has 0 radical (unpaired) electrons. The molecule has 0 saturated carbocycles. The molecule has 1 aromatic carbocycles. The molecule has 0 bridgehead atoms. The molecule has 13 heteroatoms. The molecule has 0 spiro atoms. The molecule has 0 amide bonds. The van der Waals surface area contributed by atoms with Crippen LogP contribution in [0.15, 0.2) is 33.9 Å². The lowest BCUT2D eigenvalue weighted by molar-refractivity contribution is -0.141. The minimum Gasteiger partial charge on any atom is -0.378 e. The van der Waals surface area contributed by atoms with Crippen molar-refractivity contribution in [3.63, 3.8) is 0 Å². The zero-order chi connectivity index (χ0) is 21.1. The highest BCUT2D eigenvalue weighted by Crippen LogP contribution is 2.29. The first-order valence-electron chi connectivity index (χ1n) is 8.93. The van der Waals surface area contributed by atoms with Gasteiger partial charge in [-0.1, -0.05) is 28.5 Å². The van der Waals surface area contributed by atoms with Gasteiger partial charge in [0.2, 0.25) is 5.95 Å². The molecule has 8 nitrogen and oxygen atoms in total. The first-order valence-corrected chi connectivity index (χ1v) is 10.3. The molecule has 4 rings (SSSR count). The molecular weight excluding hydrogens is 445 g/mol. The molecule has 30 heavy (non-hydrogen) atoms. The van der Waals surface area contributed by atoms with Crippen molar-refractivity contribution in [3.05, 3.63) is 35.1 Å². The second-order valence-corrected chi connectivity index (χ2v) is 7.77. The molecule has 1 aliphatic rings. The number of halogens is 4. The van der Waals surface area contributed by atoms with Crippen molar-refractivity contribution in [2.45, 2.75) is 23.6 Å². The number of aromatic nitrogens is 5. The third-order valence-electron chi connectivity index (χ3n) is 4.22. The first-order chi connectivity index (χ1) is 14.4. The summed E-state index contributed by atoms with van der Waals surface area (Å²) in [7, 11) is 0. The van der Waals surface area contributed by atoms with Crippen molar-refractivity contribution in [3.8, 4) is 11.5 Å². The summed E-state index contributed by atoms with van der Waals surface area (Å²) in [6, 6.07) is 6.87. The fourth-order valence-corrected chi connectivity index (χ4v) is 3.76. The van der Waals surface area contributed by atoms with Gasteiger partial charge in [-0.15, -0.1) is 10.2 Å². The van der Waals surface area contributed by atoms with Gasteiger partial charge < -0.3 is 14.2 Å². The van der Waals surface area contributed by atoms with Crippen molar-refractivity contribution in [1.29, 1.82) is 0 Å². The van der Waals surface area contributed by atoms with Crippen LogP contribution in [0, 0.1) is 0 Å². The Kier molecular flexibility index (Phi) is 6.16. The predicted octanol–water partition coefficient (Wildman–Crippen LogP) is 3.67. The normalized spacial score (nSPS) is 15.0. The molecule has 2 aromatic heterocycles. The smallest absolute Gasteiger partial charge is 0.378 e. The summed E-state index contributed by atoms with van der Waals surface area (Å²) in [6.07, 6.45) is -4.41. The fourth-order valence-electron chi connectivity index (χ4n) is 2.85. The topological polar surface area (TPSA) is 82.1 Å². The minimum atomic E-state index is -4.41. The number of hydrogen-bond donors (Lipinski definition) is 0. The van der Waals surface area contributed by atoms with E-state index in [9.17, 15) is 13.2 Å². The molecule has 1 saturated heterocycles. The van der Waals surface area contributed by atoms with E-state index in [1.807, 2.05) is 0 Å². The van der Waals surface area contributed by atoms with E-state index in [0.29, 0.717) is 48.6 Å². The summed E-state index contributed by atoms with van der Waals surface area (Å²) < 4.78 is 51.0. The number of rotatable bonds is 6. The number of morpholine rings is 1.